The van der Waals surface area contributed by atoms with Crippen LogP contribution in [0.4, 0.5) is 0 Å². The van der Waals surface area contributed by atoms with E-state index in [-0.39, 0.29) is 22.9 Å². The summed E-state index contributed by atoms with van der Waals surface area (Å²) in [6.07, 6.45) is 9.66. The smallest absolute Gasteiger partial charge is 0.269 e. The van der Waals surface area contributed by atoms with Crippen molar-refractivity contribution in [1.82, 2.24) is 14.3 Å². The van der Waals surface area contributed by atoms with Crippen molar-refractivity contribution in [3.05, 3.63) is 74.5 Å². The predicted molar refractivity (Wildman–Crippen MR) is 151 cm³/mol. The molecule has 0 atom stereocenters. The Labute approximate surface area is 221 Å². The second kappa shape index (κ2) is 11.8. The molecule has 3 heterocycles. The number of thiocarbonyl (C=S) groups is 1. The molecule has 1 aliphatic rings. The average molecular weight is 522 g/mol. The molecule has 1 aliphatic heterocycles. The standard InChI is InChI=1S/C28H31N3O3S2/c1-4-6-7-8-9-16-31-27(33)23(36-28(31)35)18-22-25(34-21-14-12-20(5-2)13-15-21)29-24-19(3)11-10-17-30(24)26(22)32/h10-15,17-18H,4-9,16H2,1-3H3/b23-18+. The molecule has 1 aromatic carbocycles. The van der Waals surface area contributed by atoms with E-state index in [2.05, 4.69) is 18.8 Å². The number of ether oxygens (including phenoxy) is 1. The number of nitrogens with zero attached hydrogens (tertiary/aromatic N) is 3. The van der Waals surface area contributed by atoms with Gasteiger partial charge >= 0.3 is 0 Å². The lowest BCUT2D eigenvalue weighted by molar-refractivity contribution is -0.122. The molecule has 0 unspecified atom stereocenters. The summed E-state index contributed by atoms with van der Waals surface area (Å²) in [4.78, 5) is 33.5. The number of rotatable bonds is 10. The third-order valence-electron chi connectivity index (χ3n) is 6.23. The lowest BCUT2D eigenvalue weighted by Gasteiger charge is -2.14. The van der Waals surface area contributed by atoms with Gasteiger partial charge in [0, 0.05) is 12.7 Å². The maximum Gasteiger partial charge on any atom is 0.269 e. The minimum atomic E-state index is -0.297. The van der Waals surface area contributed by atoms with E-state index in [1.807, 2.05) is 37.3 Å². The molecule has 1 fully saturated rings. The summed E-state index contributed by atoms with van der Waals surface area (Å²) >= 11 is 6.72. The summed E-state index contributed by atoms with van der Waals surface area (Å²) in [6.45, 7) is 6.75. The Kier molecular flexibility index (Phi) is 8.59. The van der Waals surface area contributed by atoms with Gasteiger partial charge in [0.15, 0.2) is 0 Å². The molecule has 0 spiro atoms. The highest BCUT2D eigenvalue weighted by molar-refractivity contribution is 8.26. The van der Waals surface area contributed by atoms with Crippen molar-refractivity contribution < 1.29 is 9.53 Å². The Morgan fingerprint density at radius 2 is 1.81 bits per heavy atom. The van der Waals surface area contributed by atoms with E-state index in [4.69, 9.17) is 17.0 Å². The molecule has 0 radical (unpaired) electrons. The fourth-order valence-electron chi connectivity index (χ4n) is 4.10. The van der Waals surface area contributed by atoms with Gasteiger partial charge < -0.3 is 4.74 Å². The summed E-state index contributed by atoms with van der Waals surface area (Å²) in [5.74, 6) is 0.571. The lowest BCUT2D eigenvalue weighted by atomic mass is 10.1. The third kappa shape index (κ3) is 5.71. The molecule has 36 heavy (non-hydrogen) atoms. The van der Waals surface area contributed by atoms with Crippen molar-refractivity contribution in [2.75, 3.05) is 6.54 Å². The summed E-state index contributed by atoms with van der Waals surface area (Å²) < 4.78 is 8.12. The number of carbonyl (C=O) groups is 1. The monoisotopic (exact) mass is 521 g/mol. The predicted octanol–water partition coefficient (Wildman–Crippen LogP) is 6.53. The van der Waals surface area contributed by atoms with E-state index in [0.29, 0.717) is 27.2 Å². The van der Waals surface area contributed by atoms with Crippen LogP contribution in [-0.4, -0.2) is 31.1 Å². The van der Waals surface area contributed by atoms with Crippen molar-refractivity contribution in [3.8, 4) is 11.6 Å². The number of aromatic nitrogens is 2. The van der Waals surface area contributed by atoms with E-state index in [1.165, 1.54) is 34.6 Å². The molecule has 6 nitrogen and oxygen atoms in total. The number of pyridine rings is 1. The van der Waals surface area contributed by atoms with Crippen molar-refractivity contribution in [1.29, 1.82) is 0 Å². The van der Waals surface area contributed by atoms with Gasteiger partial charge in [-0.3, -0.25) is 18.9 Å². The molecule has 0 saturated carbocycles. The number of carbonyl (C=O) groups excluding carboxylic acids is 1. The number of fused-ring (bicyclic) bond motifs is 1. The van der Waals surface area contributed by atoms with Crippen LogP contribution in [0.2, 0.25) is 0 Å². The van der Waals surface area contributed by atoms with Crippen LogP contribution < -0.4 is 10.3 Å². The zero-order chi connectivity index (χ0) is 25.7. The molecule has 2 aromatic heterocycles. The molecule has 0 bridgehead atoms. The van der Waals surface area contributed by atoms with E-state index in [0.717, 1.165) is 31.2 Å². The Balaban J connectivity index is 1.69. The molecule has 0 aliphatic carbocycles. The van der Waals surface area contributed by atoms with Crippen LogP contribution in [0.5, 0.6) is 11.6 Å². The van der Waals surface area contributed by atoms with Crippen LogP contribution in [-0.2, 0) is 11.2 Å². The van der Waals surface area contributed by atoms with Gasteiger partial charge in [0.25, 0.3) is 11.5 Å². The highest BCUT2D eigenvalue weighted by Gasteiger charge is 2.32. The largest absolute Gasteiger partial charge is 0.438 e. The highest BCUT2D eigenvalue weighted by atomic mass is 32.2. The lowest BCUT2D eigenvalue weighted by Crippen LogP contribution is -2.29. The van der Waals surface area contributed by atoms with Gasteiger partial charge in [0.05, 0.1) is 4.91 Å². The normalized spacial score (nSPS) is 14.9. The van der Waals surface area contributed by atoms with Crippen molar-refractivity contribution in [2.24, 2.45) is 0 Å². The molecular formula is C28H31N3O3S2. The molecule has 1 saturated heterocycles. The Hall–Kier alpha value is -2.97. The minimum Gasteiger partial charge on any atom is -0.438 e. The maximum absolute atomic E-state index is 13.6. The Morgan fingerprint density at radius 1 is 1.06 bits per heavy atom. The highest BCUT2D eigenvalue weighted by Crippen LogP contribution is 2.34. The molecule has 188 valence electrons. The van der Waals surface area contributed by atoms with E-state index >= 15 is 0 Å². The van der Waals surface area contributed by atoms with E-state index < -0.39 is 0 Å². The molecule has 0 N–H and O–H groups in total. The summed E-state index contributed by atoms with van der Waals surface area (Å²) in [5.41, 5.74) is 2.47. The van der Waals surface area contributed by atoms with Gasteiger partial charge in [-0.25, -0.2) is 0 Å². The van der Waals surface area contributed by atoms with Crippen molar-refractivity contribution >= 4 is 45.9 Å². The zero-order valence-electron chi connectivity index (χ0n) is 21.0. The molecular weight excluding hydrogens is 490 g/mol. The van der Waals surface area contributed by atoms with E-state index in [1.54, 1.807) is 23.2 Å². The first kappa shape index (κ1) is 26.1. The molecule has 4 rings (SSSR count). The van der Waals surface area contributed by atoms with Crippen LogP contribution in [0.15, 0.2) is 52.3 Å². The topological polar surface area (TPSA) is 63.9 Å². The van der Waals surface area contributed by atoms with Gasteiger partial charge in [-0.05, 0) is 55.2 Å². The maximum atomic E-state index is 13.6. The number of hydrogen-bond donors (Lipinski definition) is 0. The van der Waals surface area contributed by atoms with Gasteiger partial charge in [0.2, 0.25) is 5.88 Å². The quantitative estimate of drug-likeness (QED) is 0.172. The van der Waals surface area contributed by atoms with Gasteiger partial charge in [0.1, 0.15) is 21.3 Å². The molecule has 8 heteroatoms. The summed E-state index contributed by atoms with van der Waals surface area (Å²) in [7, 11) is 0. The second-order valence-electron chi connectivity index (χ2n) is 8.87. The van der Waals surface area contributed by atoms with Gasteiger partial charge in [-0.15, -0.1) is 0 Å². The second-order valence-corrected chi connectivity index (χ2v) is 10.5. The Bertz CT molecular complexity index is 1360. The first-order valence-corrected chi connectivity index (χ1v) is 13.7. The minimum absolute atomic E-state index is 0.170. The van der Waals surface area contributed by atoms with Crippen LogP contribution in [0, 0.1) is 6.92 Å². The molecule has 1 amide bonds. The van der Waals surface area contributed by atoms with Crippen LogP contribution in [0.25, 0.3) is 11.7 Å². The Morgan fingerprint density at radius 3 is 2.53 bits per heavy atom. The van der Waals surface area contributed by atoms with Crippen LogP contribution >= 0.6 is 24.0 Å². The summed E-state index contributed by atoms with van der Waals surface area (Å²) in [6, 6.07) is 11.4. The number of unbranched alkanes of at least 4 members (excludes halogenated alkanes) is 4. The average Bonchev–Trinajstić information content (AvgIpc) is 3.14. The fraction of sp³-hybridized carbons (Fsp3) is 0.357. The molecule has 3 aromatic rings. The van der Waals surface area contributed by atoms with Crippen molar-refractivity contribution in [2.45, 2.75) is 59.3 Å². The number of benzene rings is 1. The van der Waals surface area contributed by atoms with E-state index in [9.17, 15) is 9.59 Å². The van der Waals surface area contributed by atoms with Crippen molar-refractivity contribution in [3.63, 3.8) is 0 Å². The zero-order valence-corrected chi connectivity index (χ0v) is 22.6. The van der Waals surface area contributed by atoms with Gasteiger partial charge in [-0.2, -0.15) is 4.98 Å². The number of hydrogen-bond acceptors (Lipinski definition) is 6. The van der Waals surface area contributed by atoms with Crippen LogP contribution in [0.3, 0.4) is 0 Å². The summed E-state index contributed by atoms with van der Waals surface area (Å²) in [5, 5.41) is 0. The third-order valence-corrected chi connectivity index (χ3v) is 7.61. The first-order chi connectivity index (χ1) is 17.4. The van der Waals surface area contributed by atoms with Crippen LogP contribution in [0.1, 0.15) is 62.6 Å². The number of amides is 1. The first-order valence-electron chi connectivity index (χ1n) is 12.5. The number of aryl methyl sites for hydroxylation is 2. The van der Waals surface area contributed by atoms with Gasteiger partial charge in [-0.1, -0.05) is 81.7 Å². The fourth-order valence-corrected chi connectivity index (χ4v) is 5.39. The SMILES string of the molecule is CCCCCCCN1C(=O)/C(=C\c2c(Oc3ccc(CC)cc3)nc3c(C)cccn3c2=O)SC1=S. The number of thioether (sulfide) groups is 1.